The van der Waals surface area contributed by atoms with Gasteiger partial charge in [-0.2, -0.15) is 0 Å². The molecule has 0 atom stereocenters. The summed E-state index contributed by atoms with van der Waals surface area (Å²) in [5.74, 6) is 1.73. The monoisotopic (exact) mass is 347 g/mol. The van der Waals surface area contributed by atoms with Gasteiger partial charge in [-0.15, -0.1) is 0 Å². The van der Waals surface area contributed by atoms with Gasteiger partial charge in [0.2, 0.25) is 0 Å². The van der Waals surface area contributed by atoms with Crippen molar-refractivity contribution in [2.75, 3.05) is 6.54 Å². The number of nitrogens with one attached hydrogen (secondary N) is 1. The van der Waals surface area contributed by atoms with Gasteiger partial charge in [0, 0.05) is 11.0 Å². The van der Waals surface area contributed by atoms with Gasteiger partial charge < -0.3 is 10.1 Å². The maximum atomic E-state index is 5.93. The summed E-state index contributed by atoms with van der Waals surface area (Å²) >= 11 is 3.62. The highest BCUT2D eigenvalue weighted by atomic mass is 79.9. The molecule has 0 saturated heterocycles. The molecule has 1 N–H and O–H groups in total. The highest BCUT2D eigenvalue weighted by Crippen LogP contribution is 2.28. The third kappa shape index (κ3) is 4.58. The lowest BCUT2D eigenvalue weighted by molar-refractivity contribution is 0.481. The second kappa shape index (κ2) is 7.62. The third-order valence-corrected chi connectivity index (χ3v) is 4.22. The summed E-state index contributed by atoms with van der Waals surface area (Å²) in [6.45, 7) is 8.28. The molecule has 0 aliphatic rings. The first-order valence-corrected chi connectivity index (χ1v) is 8.13. The quantitative estimate of drug-likeness (QED) is 0.710. The summed E-state index contributed by atoms with van der Waals surface area (Å²) < 4.78 is 7.00. The molecule has 3 heteroatoms. The van der Waals surface area contributed by atoms with Crippen LogP contribution in [0, 0.1) is 13.8 Å². The standard InChI is InChI=1S/C18H22BrNO/c1-4-9-20-12-15-6-8-17(11-18(15)19)21-16-7-5-13(2)14(3)10-16/h5-8,10-11,20H,4,9,12H2,1-3H3. The lowest BCUT2D eigenvalue weighted by atomic mass is 10.1. The first kappa shape index (κ1) is 16.1. The van der Waals surface area contributed by atoms with Crippen molar-refractivity contribution in [3.8, 4) is 11.5 Å². The van der Waals surface area contributed by atoms with Crippen molar-refractivity contribution in [2.45, 2.75) is 33.7 Å². The van der Waals surface area contributed by atoms with Crippen LogP contribution in [0.15, 0.2) is 40.9 Å². The molecule has 0 aliphatic heterocycles. The van der Waals surface area contributed by atoms with Gasteiger partial charge in [0.25, 0.3) is 0 Å². The lowest BCUT2D eigenvalue weighted by Gasteiger charge is -2.11. The van der Waals surface area contributed by atoms with Crippen LogP contribution < -0.4 is 10.1 Å². The van der Waals surface area contributed by atoms with Crippen LogP contribution in [0.2, 0.25) is 0 Å². The van der Waals surface area contributed by atoms with Crippen LogP contribution in [-0.2, 0) is 6.54 Å². The Kier molecular flexibility index (Phi) is 5.83. The van der Waals surface area contributed by atoms with Gasteiger partial charge in [0.1, 0.15) is 11.5 Å². The summed E-state index contributed by atoms with van der Waals surface area (Å²) in [5, 5.41) is 3.40. The van der Waals surface area contributed by atoms with E-state index in [9.17, 15) is 0 Å². The molecule has 0 spiro atoms. The Bertz CT molecular complexity index is 610. The first-order chi connectivity index (χ1) is 10.1. The fourth-order valence-corrected chi connectivity index (χ4v) is 2.55. The van der Waals surface area contributed by atoms with E-state index in [4.69, 9.17) is 4.74 Å². The van der Waals surface area contributed by atoms with E-state index >= 15 is 0 Å². The average molecular weight is 348 g/mol. The van der Waals surface area contributed by atoms with Crippen LogP contribution in [0.4, 0.5) is 0 Å². The van der Waals surface area contributed by atoms with Gasteiger partial charge in [0.15, 0.2) is 0 Å². The average Bonchev–Trinajstić information content (AvgIpc) is 2.45. The first-order valence-electron chi connectivity index (χ1n) is 7.34. The molecule has 0 heterocycles. The summed E-state index contributed by atoms with van der Waals surface area (Å²) in [4.78, 5) is 0. The molecule has 21 heavy (non-hydrogen) atoms. The number of halogens is 1. The van der Waals surface area contributed by atoms with Gasteiger partial charge in [-0.3, -0.25) is 0 Å². The van der Waals surface area contributed by atoms with Crippen molar-refractivity contribution >= 4 is 15.9 Å². The molecule has 0 bridgehead atoms. The Labute approximate surface area is 135 Å². The van der Waals surface area contributed by atoms with Crippen molar-refractivity contribution in [3.63, 3.8) is 0 Å². The van der Waals surface area contributed by atoms with E-state index in [1.54, 1.807) is 0 Å². The highest BCUT2D eigenvalue weighted by molar-refractivity contribution is 9.10. The summed E-state index contributed by atoms with van der Waals surface area (Å²) in [6.07, 6.45) is 1.14. The Morgan fingerprint density at radius 1 is 1.00 bits per heavy atom. The van der Waals surface area contributed by atoms with Crippen LogP contribution in [0.1, 0.15) is 30.0 Å². The maximum Gasteiger partial charge on any atom is 0.128 e. The molecule has 0 radical (unpaired) electrons. The van der Waals surface area contributed by atoms with Crippen LogP contribution in [0.5, 0.6) is 11.5 Å². The molecule has 2 aromatic carbocycles. The third-order valence-electron chi connectivity index (χ3n) is 3.48. The highest BCUT2D eigenvalue weighted by Gasteiger charge is 2.04. The van der Waals surface area contributed by atoms with E-state index in [1.165, 1.54) is 16.7 Å². The minimum absolute atomic E-state index is 0.851. The zero-order valence-electron chi connectivity index (χ0n) is 12.9. The number of benzene rings is 2. The van der Waals surface area contributed by atoms with E-state index in [0.29, 0.717) is 0 Å². The molecule has 0 fully saturated rings. The van der Waals surface area contributed by atoms with Crippen molar-refractivity contribution in [1.82, 2.24) is 5.32 Å². The topological polar surface area (TPSA) is 21.3 Å². The number of ether oxygens (including phenoxy) is 1. The second-order valence-electron chi connectivity index (χ2n) is 5.28. The molecule has 2 aromatic rings. The van der Waals surface area contributed by atoms with Crippen molar-refractivity contribution in [3.05, 3.63) is 57.6 Å². The number of hydrogen-bond acceptors (Lipinski definition) is 2. The van der Waals surface area contributed by atoms with Gasteiger partial charge >= 0.3 is 0 Å². The smallest absolute Gasteiger partial charge is 0.128 e. The fourth-order valence-electron chi connectivity index (χ4n) is 2.05. The molecule has 112 valence electrons. The van der Waals surface area contributed by atoms with Gasteiger partial charge in [-0.25, -0.2) is 0 Å². The molecular formula is C18H22BrNO. The van der Waals surface area contributed by atoms with Crippen LogP contribution in [0.25, 0.3) is 0 Å². The van der Waals surface area contributed by atoms with E-state index in [0.717, 1.165) is 35.5 Å². The Hall–Kier alpha value is -1.32. The zero-order chi connectivity index (χ0) is 15.2. The lowest BCUT2D eigenvalue weighted by Crippen LogP contribution is -2.14. The molecule has 0 aliphatic carbocycles. The van der Waals surface area contributed by atoms with E-state index < -0.39 is 0 Å². The molecule has 2 rings (SSSR count). The molecular weight excluding hydrogens is 326 g/mol. The van der Waals surface area contributed by atoms with Crippen LogP contribution in [0.3, 0.4) is 0 Å². The fraction of sp³-hybridized carbons (Fsp3) is 0.333. The van der Waals surface area contributed by atoms with Gasteiger partial charge in [-0.05, 0) is 67.8 Å². The minimum atomic E-state index is 0.851. The largest absolute Gasteiger partial charge is 0.457 e. The molecule has 0 amide bonds. The zero-order valence-corrected chi connectivity index (χ0v) is 14.5. The predicted molar refractivity (Wildman–Crippen MR) is 92.1 cm³/mol. The summed E-state index contributed by atoms with van der Waals surface area (Å²) in [7, 11) is 0. The van der Waals surface area contributed by atoms with Gasteiger partial charge in [0.05, 0.1) is 0 Å². The predicted octanol–water partition coefficient (Wildman–Crippen LogP) is 5.36. The van der Waals surface area contributed by atoms with Crippen molar-refractivity contribution in [1.29, 1.82) is 0 Å². The van der Waals surface area contributed by atoms with E-state index in [2.05, 4.69) is 60.2 Å². The van der Waals surface area contributed by atoms with Crippen LogP contribution >= 0.6 is 15.9 Å². The SMILES string of the molecule is CCCNCc1ccc(Oc2ccc(C)c(C)c2)cc1Br. The second-order valence-corrected chi connectivity index (χ2v) is 6.13. The number of hydrogen-bond donors (Lipinski definition) is 1. The van der Waals surface area contributed by atoms with Crippen LogP contribution in [-0.4, -0.2) is 6.54 Å². The summed E-state index contributed by atoms with van der Waals surface area (Å²) in [6, 6.07) is 12.3. The molecule has 0 unspecified atom stereocenters. The van der Waals surface area contributed by atoms with Gasteiger partial charge in [-0.1, -0.05) is 35.0 Å². The Morgan fingerprint density at radius 2 is 1.71 bits per heavy atom. The minimum Gasteiger partial charge on any atom is -0.457 e. The van der Waals surface area contributed by atoms with E-state index in [-0.39, 0.29) is 0 Å². The number of aryl methyl sites for hydroxylation is 2. The molecule has 0 saturated carbocycles. The van der Waals surface area contributed by atoms with E-state index in [1.807, 2.05) is 18.2 Å². The molecule has 0 aromatic heterocycles. The normalized spacial score (nSPS) is 10.7. The Morgan fingerprint density at radius 3 is 2.38 bits per heavy atom. The maximum absolute atomic E-state index is 5.93. The number of rotatable bonds is 6. The van der Waals surface area contributed by atoms with Crippen molar-refractivity contribution < 1.29 is 4.74 Å². The Balaban J connectivity index is 2.07. The summed E-state index contributed by atoms with van der Waals surface area (Å²) in [5.41, 5.74) is 3.77. The van der Waals surface area contributed by atoms with Crippen molar-refractivity contribution in [2.24, 2.45) is 0 Å². The molecule has 2 nitrogen and oxygen atoms in total.